The number of piperazine rings is 1. The van der Waals surface area contributed by atoms with Gasteiger partial charge in [0.1, 0.15) is 5.76 Å². The number of nitrogens with one attached hydrogen (secondary N) is 1. The quantitative estimate of drug-likeness (QED) is 0.895. The normalized spacial score (nSPS) is 28.7. The molecule has 2 aliphatic heterocycles. The Balaban J connectivity index is 1.66. The zero-order valence-electron chi connectivity index (χ0n) is 12.1. The maximum Gasteiger partial charge on any atom is 0.122 e. The molecule has 0 bridgehead atoms. The lowest BCUT2D eigenvalue weighted by Gasteiger charge is -2.42. The first-order valence-electron chi connectivity index (χ1n) is 7.46. The molecule has 0 radical (unpaired) electrons. The van der Waals surface area contributed by atoms with E-state index in [1.165, 1.54) is 38.0 Å². The van der Waals surface area contributed by atoms with Gasteiger partial charge < -0.3 is 9.73 Å². The van der Waals surface area contributed by atoms with Crippen LogP contribution in [0.15, 0.2) is 16.7 Å². The predicted octanol–water partition coefficient (Wildman–Crippen LogP) is 1.67. The van der Waals surface area contributed by atoms with Crippen LogP contribution in [0.25, 0.3) is 0 Å². The van der Waals surface area contributed by atoms with Gasteiger partial charge in [-0.3, -0.25) is 9.80 Å². The highest BCUT2D eigenvalue weighted by Crippen LogP contribution is 2.26. The first-order chi connectivity index (χ1) is 9.28. The van der Waals surface area contributed by atoms with Crippen molar-refractivity contribution in [1.82, 2.24) is 15.1 Å². The van der Waals surface area contributed by atoms with Gasteiger partial charge in [0, 0.05) is 37.3 Å². The van der Waals surface area contributed by atoms with E-state index in [0.717, 1.165) is 24.9 Å². The molecule has 0 spiro atoms. The average molecular weight is 263 g/mol. The van der Waals surface area contributed by atoms with E-state index in [4.69, 9.17) is 4.42 Å². The fraction of sp³-hybridized carbons (Fsp3) is 0.733. The van der Waals surface area contributed by atoms with Crippen molar-refractivity contribution in [3.8, 4) is 0 Å². The fourth-order valence-electron chi connectivity index (χ4n) is 3.51. The number of fused-ring (bicyclic) bond motifs is 1. The number of rotatable bonds is 4. The van der Waals surface area contributed by atoms with Crippen molar-refractivity contribution in [2.24, 2.45) is 0 Å². The van der Waals surface area contributed by atoms with Crippen molar-refractivity contribution in [2.45, 2.75) is 44.9 Å². The summed E-state index contributed by atoms with van der Waals surface area (Å²) in [7, 11) is 1.96. The highest BCUT2D eigenvalue weighted by molar-refractivity contribution is 5.17. The Kier molecular flexibility index (Phi) is 3.91. The van der Waals surface area contributed by atoms with Gasteiger partial charge in [0.2, 0.25) is 0 Å². The van der Waals surface area contributed by atoms with Gasteiger partial charge >= 0.3 is 0 Å². The van der Waals surface area contributed by atoms with E-state index in [2.05, 4.69) is 28.1 Å². The van der Waals surface area contributed by atoms with Crippen LogP contribution in [-0.4, -0.2) is 48.6 Å². The van der Waals surface area contributed by atoms with E-state index in [-0.39, 0.29) is 0 Å². The van der Waals surface area contributed by atoms with Crippen LogP contribution in [0.1, 0.15) is 31.1 Å². The third kappa shape index (κ3) is 2.71. The van der Waals surface area contributed by atoms with Crippen LogP contribution < -0.4 is 5.32 Å². The van der Waals surface area contributed by atoms with Crippen LogP contribution >= 0.6 is 0 Å². The van der Waals surface area contributed by atoms with Gasteiger partial charge in [-0.2, -0.15) is 0 Å². The van der Waals surface area contributed by atoms with Gasteiger partial charge in [0.15, 0.2) is 0 Å². The van der Waals surface area contributed by atoms with Crippen LogP contribution in [0.5, 0.6) is 0 Å². The van der Waals surface area contributed by atoms with E-state index in [0.29, 0.717) is 6.04 Å². The van der Waals surface area contributed by atoms with Crippen molar-refractivity contribution in [3.63, 3.8) is 0 Å². The van der Waals surface area contributed by atoms with Crippen LogP contribution in [0.4, 0.5) is 0 Å². The predicted molar refractivity (Wildman–Crippen MR) is 75.9 cm³/mol. The molecule has 2 fully saturated rings. The van der Waals surface area contributed by atoms with E-state index in [9.17, 15) is 0 Å². The Bertz CT molecular complexity index is 417. The molecular weight excluding hydrogens is 238 g/mol. The topological polar surface area (TPSA) is 31.7 Å². The molecule has 1 aromatic heterocycles. The molecule has 106 valence electrons. The van der Waals surface area contributed by atoms with Gasteiger partial charge in [0.25, 0.3) is 0 Å². The second-order valence-electron chi connectivity index (χ2n) is 5.97. The number of furan rings is 1. The average Bonchev–Trinajstić information content (AvgIpc) is 3.00. The van der Waals surface area contributed by atoms with Gasteiger partial charge in [0.05, 0.1) is 12.8 Å². The fourth-order valence-corrected chi connectivity index (χ4v) is 3.51. The lowest BCUT2D eigenvalue weighted by atomic mass is 10.1. The molecule has 2 saturated heterocycles. The first-order valence-corrected chi connectivity index (χ1v) is 7.46. The Morgan fingerprint density at radius 1 is 1.42 bits per heavy atom. The van der Waals surface area contributed by atoms with E-state index in [1.54, 1.807) is 0 Å². The lowest BCUT2D eigenvalue weighted by molar-refractivity contribution is 0.0536. The molecule has 2 unspecified atom stereocenters. The zero-order chi connectivity index (χ0) is 13.2. The third-order valence-electron chi connectivity index (χ3n) is 4.61. The Hall–Kier alpha value is -0.840. The minimum absolute atomic E-state index is 0.645. The third-order valence-corrected chi connectivity index (χ3v) is 4.61. The summed E-state index contributed by atoms with van der Waals surface area (Å²) in [5, 5.41) is 3.18. The zero-order valence-corrected chi connectivity index (χ0v) is 12.1. The maximum absolute atomic E-state index is 5.57. The standard InChI is InChI=1S/C15H25N3O/c1-12-9-17-6-3-4-14(17)11-18(12)10-13-5-7-19-15(13)8-16-2/h5,7,12,14,16H,3-4,6,8-11H2,1-2H3. The molecule has 3 rings (SSSR count). The first kappa shape index (κ1) is 13.2. The summed E-state index contributed by atoms with van der Waals surface area (Å²) in [6.45, 7) is 7.94. The minimum Gasteiger partial charge on any atom is -0.468 e. The SMILES string of the molecule is CNCc1occc1CN1CC2CCCN2CC1C. The summed E-state index contributed by atoms with van der Waals surface area (Å²) in [5.74, 6) is 1.09. The molecule has 0 aromatic carbocycles. The Labute approximate surface area is 115 Å². The van der Waals surface area contributed by atoms with Crippen molar-refractivity contribution in [1.29, 1.82) is 0 Å². The molecule has 2 atom stereocenters. The van der Waals surface area contributed by atoms with Crippen molar-refractivity contribution in [3.05, 3.63) is 23.7 Å². The second kappa shape index (κ2) is 5.65. The molecule has 0 saturated carbocycles. The number of hydrogen-bond donors (Lipinski definition) is 1. The van der Waals surface area contributed by atoms with Crippen LogP contribution in [0.2, 0.25) is 0 Å². The Morgan fingerprint density at radius 3 is 3.16 bits per heavy atom. The smallest absolute Gasteiger partial charge is 0.122 e. The maximum atomic E-state index is 5.57. The number of hydrogen-bond acceptors (Lipinski definition) is 4. The van der Waals surface area contributed by atoms with Gasteiger partial charge in [-0.05, 0) is 39.4 Å². The molecule has 19 heavy (non-hydrogen) atoms. The lowest BCUT2D eigenvalue weighted by Crippen LogP contribution is -2.54. The van der Waals surface area contributed by atoms with E-state index < -0.39 is 0 Å². The van der Waals surface area contributed by atoms with Gasteiger partial charge in [-0.1, -0.05) is 0 Å². The monoisotopic (exact) mass is 263 g/mol. The number of nitrogens with zero attached hydrogens (tertiary/aromatic N) is 2. The van der Waals surface area contributed by atoms with Crippen molar-refractivity contribution < 1.29 is 4.42 Å². The molecule has 1 N–H and O–H groups in total. The molecular formula is C15H25N3O. The largest absolute Gasteiger partial charge is 0.468 e. The summed E-state index contributed by atoms with van der Waals surface area (Å²) in [5.41, 5.74) is 1.34. The van der Waals surface area contributed by atoms with Crippen molar-refractivity contribution >= 4 is 0 Å². The van der Waals surface area contributed by atoms with Crippen molar-refractivity contribution in [2.75, 3.05) is 26.7 Å². The van der Waals surface area contributed by atoms with E-state index in [1.807, 2.05) is 13.3 Å². The van der Waals surface area contributed by atoms with Gasteiger partial charge in [-0.15, -0.1) is 0 Å². The highest BCUT2D eigenvalue weighted by Gasteiger charge is 2.34. The molecule has 0 amide bonds. The molecule has 0 aliphatic carbocycles. The summed E-state index contributed by atoms with van der Waals surface area (Å²) < 4.78 is 5.57. The molecule has 2 aliphatic rings. The molecule has 4 heteroatoms. The van der Waals surface area contributed by atoms with E-state index >= 15 is 0 Å². The van der Waals surface area contributed by atoms with Crippen LogP contribution in [0, 0.1) is 0 Å². The molecule has 1 aromatic rings. The summed E-state index contributed by atoms with van der Waals surface area (Å²) in [6, 6.07) is 3.56. The Morgan fingerprint density at radius 2 is 2.32 bits per heavy atom. The summed E-state index contributed by atoms with van der Waals surface area (Å²) in [6.07, 6.45) is 4.57. The summed E-state index contributed by atoms with van der Waals surface area (Å²) >= 11 is 0. The van der Waals surface area contributed by atoms with Gasteiger partial charge in [-0.25, -0.2) is 0 Å². The molecule has 4 nitrogen and oxygen atoms in total. The minimum atomic E-state index is 0.645. The van der Waals surface area contributed by atoms with Crippen LogP contribution in [-0.2, 0) is 13.1 Å². The molecule has 3 heterocycles. The highest BCUT2D eigenvalue weighted by atomic mass is 16.3. The second-order valence-corrected chi connectivity index (χ2v) is 5.97. The van der Waals surface area contributed by atoms with Crippen LogP contribution in [0.3, 0.4) is 0 Å². The summed E-state index contributed by atoms with van der Waals surface area (Å²) in [4.78, 5) is 5.29.